The van der Waals surface area contributed by atoms with Crippen LogP contribution >= 0.6 is 11.6 Å². The second-order valence-corrected chi connectivity index (χ2v) is 12.1. The van der Waals surface area contributed by atoms with Gasteiger partial charge in [0.05, 0.1) is 47.7 Å². The molecule has 3 aliphatic rings. The maximum Gasteiger partial charge on any atom is 0.318 e. The van der Waals surface area contributed by atoms with Crippen LogP contribution in [0.1, 0.15) is 30.5 Å². The van der Waals surface area contributed by atoms with E-state index < -0.39 is 0 Å². The number of halogens is 1. The molecule has 1 amide bonds. The minimum Gasteiger partial charge on any atom is -0.462 e. The van der Waals surface area contributed by atoms with Gasteiger partial charge in [0.1, 0.15) is 12.4 Å². The average molecular weight is 601 g/mol. The van der Waals surface area contributed by atoms with Gasteiger partial charge in [0.15, 0.2) is 0 Å². The van der Waals surface area contributed by atoms with E-state index in [9.17, 15) is 10.1 Å². The largest absolute Gasteiger partial charge is 0.462 e. The number of aromatic nitrogens is 3. The molecule has 0 N–H and O–H groups in total. The number of ether oxygens (including phenoxy) is 1. The van der Waals surface area contributed by atoms with E-state index in [1.807, 2.05) is 30.6 Å². The van der Waals surface area contributed by atoms with Crippen LogP contribution in [-0.4, -0.2) is 89.6 Å². The number of carbonyl (C=O) groups excluding carboxylic acids is 1. The van der Waals surface area contributed by atoms with E-state index in [1.54, 1.807) is 4.90 Å². The summed E-state index contributed by atoms with van der Waals surface area (Å²) in [6.45, 7) is 8.93. The van der Waals surface area contributed by atoms with Crippen molar-refractivity contribution in [3.8, 4) is 12.1 Å². The third-order valence-corrected chi connectivity index (χ3v) is 8.93. The number of rotatable bonds is 10. The number of pyridine rings is 1. The van der Waals surface area contributed by atoms with Crippen molar-refractivity contribution in [1.29, 1.82) is 5.26 Å². The number of fused-ring (bicyclic) bond motifs is 2. The molecule has 2 fully saturated rings. The predicted octanol–water partition coefficient (Wildman–Crippen LogP) is 4.08. The number of nitrogens with zero attached hydrogens (tertiary/aromatic N) is 8. The summed E-state index contributed by atoms with van der Waals surface area (Å²) in [6.07, 6.45) is 8.62. The number of nitriles is 1. The molecule has 2 aromatic heterocycles. The molecule has 0 bridgehead atoms. The number of likely N-dealkylation sites (N-methyl/N-ethyl adjacent to an activating group) is 1. The second kappa shape index (κ2) is 12.7. The van der Waals surface area contributed by atoms with Gasteiger partial charge >= 0.3 is 6.01 Å². The summed E-state index contributed by atoms with van der Waals surface area (Å²) in [4.78, 5) is 35.4. The van der Waals surface area contributed by atoms with Gasteiger partial charge in [0.2, 0.25) is 5.91 Å². The Labute approximate surface area is 257 Å². The van der Waals surface area contributed by atoms with Crippen LogP contribution in [0.4, 0.5) is 11.5 Å². The van der Waals surface area contributed by atoms with Crippen molar-refractivity contribution in [2.24, 2.45) is 5.92 Å². The molecule has 1 saturated carbocycles. The van der Waals surface area contributed by atoms with E-state index >= 15 is 0 Å². The Kier molecular flexibility index (Phi) is 8.63. The van der Waals surface area contributed by atoms with Crippen LogP contribution in [0.15, 0.2) is 43.2 Å². The van der Waals surface area contributed by atoms with Gasteiger partial charge in [-0.2, -0.15) is 15.2 Å². The molecular formula is C32H37ClN8O2. The van der Waals surface area contributed by atoms with Crippen LogP contribution in [0.25, 0.3) is 10.8 Å². The molecule has 0 unspecified atom stereocenters. The molecule has 1 aliphatic carbocycles. The lowest BCUT2D eigenvalue weighted by Crippen LogP contribution is -2.55. The van der Waals surface area contributed by atoms with Gasteiger partial charge in [0.25, 0.3) is 0 Å². The zero-order valence-corrected chi connectivity index (χ0v) is 25.3. The number of carbonyl (C=O) groups is 1. The van der Waals surface area contributed by atoms with Crippen LogP contribution in [0.3, 0.4) is 0 Å². The summed E-state index contributed by atoms with van der Waals surface area (Å²) >= 11 is 6.67. The summed E-state index contributed by atoms with van der Waals surface area (Å²) in [5.41, 5.74) is 2.96. The molecule has 10 nitrogen and oxygen atoms in total. The third kappa shape index (κ3) is 6.38. The molecule has 6 rings (SSSR count). The lowest BCUT2D eigenvalue weighted by molar-refractivity contribution is -0.128. The first-order valence-electron chi connectivity index (χ1n) is 15.0. The number of hydrogen-bond donors (Lipinski definition) is 0. The van der Waals surface area contributed by atoms with E-state index in [0.717, 1.165) is 65.5 Å². The number of anilines is 2. The molecule has 43 heavy (non-hydrogen) atoms. The van der Waals surface area contributed by atoms with E-state index in [2.05, 4.69) is 39.4 Å². The Bertz CT molecular complexity index is 1550. The van der Waals surface area contributed by atoms with Crippen molar-refractivity contribution in [3.63, 3.8) is 0 Å². The van der Waals surface area contributed by atoms with Crippen molar-refractivity contribution in [1.82, 2.24) is 24.8 Å². The monoisotopic (exact) mass is 600 g/mol. The molecule has 0 radical (unpaired) electrons. The van der Waals surface area contributed by atoms with Crippen LogP contribution in [-0.2, 0) is 17.8 Å². The van der Waals surface area contributed by atoms with Crippen LogP contribution in [0.5, 0.6) is 6.01 Å². The first kappa shape index (κ1) is 29.1. The number of hydrogen-bond acceptors (Lipinski definition) is 9. The minimum atomic E-state index is -0.251. The minimum absolute atomic E-state index is 0.151. The number of benzene rings is 1. The SMILES string of the molecule is C=CC(=O)N1CCN(c2nc(OCCN(C)CC3CC3)nc3c2CCN(c2cncc4cccc(Cl)c24)C3)C[C@@H]1CC#N. The van der Waals surface area contributed by atoms with Crippen LogP contribution in [0.2, 0.25) is 5.02 Å². The van der Waals surface area contributed by atoms with Crippen molar-refractivity contribution < 1.29 is 9.53 Å². The zero-order valence-electron chi connectivity index (χ0n) is 24.6. The first-order chi connectivity index (χ1) is 20.9. The Morgan fingerprint density at radius 3 is 2.88 bits per heavy atom. The highest BCUT2D eigenvalue weighted by atomic mass is 35.5. The van der Waals surface area contributed by atoms with Crippen molar-refractivity contribution in [2.45, 2.75) is 38.3 Å². The van der Waals surface area contributed by atoms with Gasteiger partial charge in [-0.05, 0) is 44.4 Å². The summed E-state index contributed by atoms with van der Waals surface area (Å²) in [7, 11) is 2.13. The smallest absolute Gasteiger partial charge is 0.318 e. The van der Waals surface area contributed by atoms with Crippen LogP contribution < -0.4 is 14.5 Å². The summed E-state index contributed by atoms with van der Waals surface area (Å²) in [6, 6.07) is 8.23. The summed E-state index contributed by atoms with van der Waals surface area (Å²) in [5, 5.41) is 12.2. The topological polar surface area (TPSA) is 102 Å². The van der Waals surface area contributed by atoms with Gasteiger partial charge in [-0.3, -0.25) is 9.78 Å². The number of piperazine rings is 1. The Morgan fingerprint density at radius 2 is 2.09 bits per heavy atom. The van der Waals surface area contributed by atoms with Gasteiger partial charge in [0, 0.05) is 61.8 Å². The van der Waals surface area contributed by atoms with Crippen LogP contribution in [0, 0.1) is 17.2 Å². The van der Waals surface area contributed by atoms with E-state index in [-0.39, 0.29) is 18.4 Å². The predicted molar refractivity (Wildman–Crippen MR) is 167 cm³/mol. The molecular weight excluding hydrogens is 564 g/mol. The second-order valence-electron chi connectivity index (χ2n) is 11.7. The molecule has 0 spiro atoms. The molecule has 4 heterocycles. The summed E-state index contributed by atoms with van der Waals surface area (Å²) < 4.78 is 6.18. The molecule has 1 atom stereocenters. The standard InChI is InChI=1S/C32H37ClN8O2/c1-3-29(42)41-14-13-40(20-24(41)9-11-34)31-25-10-12-39(28-18-35-17-23-5-4-6-26(33)30(23)28)21-27(25)36-32(37-31)43-16-15-38(2)19-22-7-8-22/h3-6,17-18,22,24H,1,7-10,12-16,19-21H2,2H3/t24-/m0/s1. The first-order valence-corrected chi connectivity index (χ1v) is 15.4. The van der Waals surface area contributed by atoms with Gasteiger partial charge < -0.3 is 24.3 Å². The molecule has 2 aliphatic heterocycles. The van der Waals surface area contributed by atoms with E-state index in [0.29, 0.717) is 43.8 Å². The van der Waals surface area contributed by atoms with E-state index in [4.69, 9.17) is 26.3 Å². The highest BCUT2D eigenvalue weighted by molar-refractivity contribution is 6.36. The quantitative estimate of drug-likeness (QED) is 0.319. The maximum absolute atomic E-state index is 12.5. The molecule has 3 aromatic rings. The molecule has 1 aromatic carbocycles. The lowest BCUT2D eigenvalue weighted by atomic mass is 10.0. The third-order valence-electron chi connectivity index (χ3n) is 8.61. The molecule has 11 heteroatoms. The van der Waals surface area contributed by atoms with Crippen molar-refractivity contribution in [3.05, 3.63) is 59.5 Å². The van der Waals surface area contributed by atoms with Gasteiger partial charge in [-0.1, -0.05) is 30.3 Å². The molecule has 224 valence electrons. The summed E-state index contributed by atoms with van der Waals surface area (Å²) in [5.74, 6) is 1.49. The van der Waals surface area contributed by atoms with Crippen molar-refractivity contribution in [2.75, 3.05) is 62.7 Å². The highest BCUT2D eigenvalue weighted by Crippen LogP contribution is 2.37. The lowest BCUT2D eigenvalue weighted by Gasteiger charge is -2.42. The normalized spacial score (nSPS) is 18.5. The Balaban J connectivity index is 1.30. The van der Waals surface area contributed by atoms with Gasteiger partial charge in [-0.15, -0.1) is 0 Å². The number of amides is 1. The fraction of sp³-hybridized carbons (Fsp3) is 0.469. The molecule has 1 saturated heterocycles. The average Bonchev–Trinajstić information content (AvgIpc) is 3.84. The van der Waals surface area contributed by atoms with E-state index in [1.165, 1.54) is 18.9 Å². The maximum atomic E-state index is 12.5. The zero-order chi connectivity index (χ0) is 29.9. The highest BCUT2D eigenvalue weighted by Gasteiger charge is 2.33. The Morgan fingerprint density at radius 1 is 1.23 bits per heavy atom. The fourth-order valence-corrected chi connectivity index (χ4v) is 6.47. The Hall–Kier alpha value is -3.94. The van der Waals surface area contributed by atoms with Crippen molar-refractivity contribution >= 4 is 39.8 Å². The fourth-order valence-electron chi connectivity index (χ4n) is 6.19. The van der Waals surface area contributed by atoms with Gasteiger partial charge in [-0.25, -0.2) is 0 Å².